The first kappa shape index (κ1) is 9.26. The average Bonchev–Trinajstić information content (AvgIpc) is 2.16. The molecule has 0 aliphatic carbocycles. The van der Waals surface area contributed by atoms with Gasteiger partial charge in [-0.1, -0.05) is 0 Å². The van der Waals surface area contributed by atoms with Gasteiger partial charge in [-0.15, -0.1) is 0 Å². The maximum Gasteiger partial charge on any atom is 0.285 e. The van der Waals surface area contributed by atoms with Crippen LogP contribution in [0.3, 0.4) is 0 Å². The molecule has 1 aliphatic heterocycles. The van der Waals surface area contributed by atoms with Gasteiger partial charge in [0.25, 0.3) is 5.69 Å². The Balaban J connectivity index is 2.50. The standard InChI is InChI=1S/C8H7BrN2O3/c9-5-3-8-6(10-1-2-14-8)4-7(5)11(12)13/h3-4,10H,1-2H2. The summed E-state index contributed by atoms with van der Waals surface area (Å²) in [4.78, 5) is 10.2. The van der Waals surface area contributed by atoms with Gasteiger partial charge >= 0.3 is 0 Å². The number of halogens is 1. The molecule has 0 radical (unpaired) electrons. The highest BCUT2D eigenvalue weighted by molar-refractivity contribution is 9.10. The molecule has 0 fully saturated rings. The molecule has 1 aromatic rings. The van der Waals surface area contributed by atoms with Crippen molar-refractivity contribution in [3.05, 3.63) is 26.7 Å². The van der Waals surface area contributed by atoms with Crippen molar-refractivity contribution in [1.29, 1.82) is 0 Å². The van der Waals surface area contributed by atoms with Gasteiger partial charge in [0.2, 0.25) is 0 Å². The summed E-state index contributed by atoms with van der Waals surface area (Å²) in [6.07, 6.45) is 0. The summed E-state index contributed by atoms with van der Waals surface area (Å²) in [6.45, 7) is 1.25. The van der Waals surface area contributed by atoms with Crippen molar-refractivity contribution in [2.24, 2.45) is 0 Å². The third-order valence-corrected chi connectivity index (χ3v) is 2.56. The van der Waals surface area contributed by atoms with E-state index in [-0.39, 0.29) is 5.69 Å². The lowest BCUT2D eigenvalue weighted by Gasteiger charge is -2.18. The highest BCUT2D eigenvalue weighted by Gasteiger charge is 2.19. The molecule has 1 aliphatic rings. The zero-order valence-corrected chi connectivity index (χ0v) is 8.70. The summed E-state index contributed by atoms with van der Waals surface area (Å²) in [5.74, 6) is 0.647. The number of ether oxygens (including phenoxy) is 1. The largest absolute Gasteiger partial charge is 0.490 e. The molecule has 1 heterocycles. The number of rotatable bonds is 1. The van der Waals surface area contributed by atoms with Gasteiger partial charge < -0.3 is 10.1 Å². The summed E-state index contributed by atoms with van der Waals surface area (Å²) >= 11 is 3.13. The summed E-state index contributed by atoms with van der Waals surface area (Å²) < 4.78 is 5.76. The highest BCUT2D eigenvalue weighted by Crippen LogP contribution is 2.37. The van der Waals surface area contributed by atoms with Gasteiger partial charge in [0.15, 0.2) is 0 Å². The number of nitrogens with one attached hydrogen (secondary N) is 1. The zero-order valence-electron chi connectivity index (χ0n) is 7.12. The molecule has 0 spiro atoms. The number of benzene rings is 1. The first-order chi connectivity index (χ1) is 6.68. The molecule has 0 bridgehead atoms. The molecular formula is C8H7BrN2O3. The Labute approximate surface area is 88.3 Å². The minimum atomic E-state index is -0.430. The maximum atomic E-state index is 10.6. The Hall–Kier alpha value is -1.30. The smallest absolute Gasteiger partial charge is 0.285 e. The van der Waals surface area contributed by atoms with Gasteiger partial charge in [0.05, 0.1) is 15.1 Å². The predicted molar refractivity (Wildman–Crippen MR) is 54.8 cm³/mol. The third-order valence-electron chi connectivity index (χ3n) is 1.92. The van der Waals surface area contributed by atoms with Crippen LogP contribution in [0.15, 0.2) is 16.6 Å². The third kappa shape index (κ3) is 1.52. The monoisotopic (exact) mass is 258 g/mol. The van der Waals surface area contributed by atoms with Crippen molar-refractivity contribution < 1.29 is 9.66 Å². The van der Waals surface area contributed by atoms with E-state index in [1.807, 2.05) is 0 Å². The molecule has 0 saturated carbocycles. The van der Waals surface area contributed by atoms with Gasteiger partial charge in [-0.3, -0.25) is 10.1 Å². The molecule has 1 aromatic carbocycles. The van der Waals surface area contributed by atoms with Gasteiger partial charge in [0.1, 0.15) is 12.4 Å². The van der Waals surface area contributed by atoms with Crippen molar-refractivity contribution in [3.8, 4) is 5.75 Å². The van der Waals surface area contributed by atoms with E-state index in [1.54, 1.807) is 6.07 Å². The maximum absolute atomic E-state index is 10.6. The molecule has 0 unspecified atom stereocenters. The van der Waals surface area contributed by atoms with Gasteiger partial charge in [0, 0.05) is 18.7 Å². The number of anilines is 1. The van der Waals surface area contributed by atoms with E-state index in [2.05, 4.69) is 21.2 Å². The average molecular weight is 259 g/mol. The topological polar surface area (TPSA) is 64.4 Å². The lowest BCUT2D eigenvalue weighted by Crippen LogP contribution is -2.18. The van der Waals surface area contributed by atoms with Crippen LogP contribution in [0.4, 0.5) is 11.4 Å². The number of nitro benzene ring substituents is 1. The van der Waals surface area contributed by atoms with Crippen LogP contribution in [0, 0.1) is 10.1 Å². The fraction of sp³-hybridized carbons (Fsp3) is 0.250. The van der Waals surface area contributed by atoms with Crippen LogP contribution >= 0.6 is 15.9 Å². The van der Waals surface area contributed by atoms with Crippen LogP contribution in [0.25, 0.3) is 0 Å². The van der Waals surface area contributed by atoms with Crippen LogP contribution in [0.2, 0.25) is 0 Å². The van der Waals surface area contributed by atoms with Crippen molar-refractivity contribution in [1.82, 2.24) is 0 Å². The summed E-state index contributed by atoms with van der Waals surface area (Å²) in [5.41, 5.74) is 0.716. The molecule has 6 heteroatoms. The molecule has 5 nitrogen and oxygen atoms in total. The van der Waals surface area contributed by atoms with Crippen molar-refractivity contribution >= 4 is 27.3 Å². The molecule has 14 heavy (non-hydrogen) atoms. The molecule has 0 amide bonds. The number of hydrogen-bond donors (Lipinski definition) is 1. The lowest BCUT2D eigenvalue weighted by molar-refractivity contribution is -0.385. The quantitative estimate of drug-likeness (QED) is 0.620. The van der Waals surface area contributed by atoms with Gasteiger partial charge in [-0.25, -0.2) is 0 Å². The molecular weight excluding hydrogens is 252 g/mol. The number of nitrogens with zero attached hydrogens (tertiary/aromatic N) is 1. The normalized spacial score (nSPS) is 13.8. The molecule has 2 rings (SSSR count). The van der Waals surface area contributed by atoms with E-state index in [1.165, 1.54) is 6.07 Å². The minimum Gasteiger partial charge on any atom is -0.490 e. The Morgan fingerprint density at radius 3 is 3.07 bits per heavy atom. The molecule has 0 aromatic heterocycles. The SMILES string of the molecule is O=[N+]([O-])c1cc2c(cc1Br)OCCN2. The summed E-state index contributed by atoms with van der Waals surface area (Å²) in [6, 6.07) is 3.08. The van der Waals surface area contributed by atoms with Crippen LogP contribution < -0.4 is 10.1 Å². The van der Waals surface area contributed by atoms with E-state index in [9.17, 15) is 10.1 Å². The molecule has 0 atom stereocenters. The van der Waals surface area contributed by atoms with Crippen LogP contribution in [0.1, 0.15) is 0 Å². The lowest BCUT2D eigenvalue weighted by atomic mass is 10.2. The fourth-order valence-corrected chi connectivity index (χ4v) is 1.75. The van der Waals surface area contributed by atoms with E-state index in [4.69, 9.17) is 4.74 Å². The van der Waals surface area contributed by atoms with E-state index in [0.717, 1.165) is 0 Å². The number of hydrogen-bond acceptors (Lipinski definition) is 4. The Morgan fingerprint density at radius 1 is 1.57 bits per heavy atom. The summed E-state index contributed by atoms with van der Waals surface area (Å²) in [7, 11) is 0. The fourth-order valence-electron chi connectivity index (χ4n) is 1.29. The predicted octanol–water partition coefficient (Wildman–Crippen LogP) is 2.16. The number of nitro groups is 1. The van der Waals surface area contributed by atoms with Crippen LogP contribution in [-0.4, -0.2) is 18.1 Å². The van der Waals surface area contributed by atoms with E-state index >= 15 is 0 Å². The second-order valence-corrected chi connectivity index (χ2v) is 3.69. The van der Waals surface area contributed by atoms with Crippen LogP contribution in [0.5, 0.6) is 5.75 Å². The van der Waals surface area contributed by atoms with E-state index < -0.39 is 4.92 Å². The Morgan fingerprint density at radius 2 is 2.36 bits per heavy atom. The first-order valence-electron chi connectivity index (χ1n) is 4.03. The van der Waals surface area contributed by atoms with Crippen molar-refractivity contribution in [2.45, 2.75) is 0 Å². The first-order valence-corrected chi connectivity index (χ1v) is 4.82. The van der Waals surface area contributed by atoms with Gasteiger partial charge in [-0.05, 0) is 15.9 Å². The molecule has 1 N–H and O–H groups in total. The Bertz CT molecular complexity index is 394. The number of fused-ring (bicyclic) bond motifs is 1. The zero-order chi connectivity index (χ0) is 10.1. The second-order valence-electron chi connectivity index (χ2n) is 2.83. The molecule has 74 valence electrons. The second kappa shape index (κ2) is 3.45. The van der Waals surface area contributed by atoms with Crippen molar-refractivity contribution in [2.75, 3.05) is 18.5 Å². The minimum absolute atomic E-state index is 0.0433. The van der Waals surface area contributed by atoms with Crippen LogP contribution in [-0.2, 0) is 0 Å². The van der Waals surface area contributed by atoms with E-state index in [0.29, 0.717) is 29.1 Å². The highest BCUT2D eigenvalue weighted by atomic mass is 79.9. The Kier molecular flexibility index (Phi) is 2.28. The van der Waals surface area contributed by atoms with Gasteiger partial charge in [-0.2, -0.15) is 0 Å². The summed E-state index contributed by atoms with van der Waals surface area (Å²) in [5, 5.41) is 13.6. The van der Waals surface area contributed by atoms with Crippen molar-refractivity contribution in [3.63, 3.8) is 0 Å². The molecule has 0 saturated heterocycles.